The first-order chi connectivity index (χ1) is 20.4. The number of hydrogen-bond donors (Lipinski definition) is 4. The maximum Gasteiger partial charge on any atom is 0.316 e. The van der Waals surface area contributed by atoms with Crippen LogP contribution in [-0.4, -0.2) is 55.2 Å². The number of ether oxygens (including phenoxy) is 1. The lowest BCUT2D eigenvalue weighted by atomic mass is 9.82. The second kappa shape index (κ2) is 12.8. The van der Waals surface area contributed by atoms with Gasteiger partial charge in [0.1, 0.15) is 0 Å². The van der Waals surface area contributed by atoms with E-state index >= 15 is 0 Å². The number of amides is 1. The lowest BCUT2D eigenvalue weighted by Gasteiger charge is -2.24. The standard InChI is InChI=1S/C31H33N5O6/c1-2-42-31-33-16-20(17-34-31)25-26-24(28(39)27(35-25)30(41)32-14-13-22(37)38)21(15-18-9-5-3-6-10-18)23(29(40)36-26)19-11-7-4-8-12-19/h4,7-8,11-12,16-18,39H,2-3,5-6,9-10,13-15H2,1H3,(H,32,41)(H,36,40)(H,37,38). The van der Waals surface area contributed by atoms with Crippen LogP contribution >= 0.6 is 0 Å². The Morgan fingerprint density at radius 1 is 1.07 bits per heavy atom. The van der Waals surface area contributed by atoms with Gasteiger partial charge in [-0.25, -0.2) is 15.0 Å². The highest BCUT2D eigenvalue weighted by Crippen LogP contribution is 2.40. The summed E-state index contributed by atoms with van der Waals surface area (Å²) in [5.41, 5.74) is 2.01. The molecule has 0 spiro atoms. The summed E-state index contributed by atoms with van der Waals surface area (Å²) < 4.78 is 5.36. The summed E-state index contributed by atoms with van der Waals surface area (Å²) >= 11 is 0. The molecule has 1 aromatic carbocycles. The first-order valence-electron chi connectivity index (χ1n) is 14.2. The maximum atomic E-state index is 13.8. The van der Waals surface area contributed by atoms with Gasteiger partial charge in [0.05, 0.1) is 29.8 Å². The fourth-order valence-electron chi connectivity index (χ4n) is 5.60. The summed E-state index contributed by atoms with van der Waals surface area (Å²) in [6.07, 6.45) is 8.53. The van der Waals surface area contributed by atoms with Crippen LogP contribution in [-0.2, 0) is 11.2 Å². The van der Waals surface area contributed by atoms with Crippen LogP contribution in [0.25, 0.3) is 33.3 Å². The smallest absolute Gasteiger partial charge is 0.316 e. The quantitative estimate of drug-likeness (QED) is 0.214. The third kappa shape index (κ3) is 6.09. The highest BCUT2D eigenvalue weighted by molar-refractivity contribution is 6.07. The van der Waals surface area contributed by atoms with Crippen LogP contribution < -0.4 is 15.6 Å². The van der Waals surface area contributed by atoms with Crippen molar-refractivity contribution in [2.75, 3.05) is 13.2 Å². The number of aromatic hydroxyl groups is 1. The topological polar surface area (TPSA) is 167 Å². The Morgan fingerprint density at radius 2 is 1.79 bits per heavy atom. The average Bonchev–Trinajstić information content (AvgIpc) is 2.98. The number of nitrogens with zero attached hydrogens (tertiary/aromatic N) is 3. The van der Waals surface area contributed by atoms with Gasteiger partial charge in [0, 0.05) is 29.9 Å². The van der Waals surface area contributed by atoms with Crippen LogP contribution in [0.5, 0.6) is 11.8 Å². The Bertz CT molecular complexity index is 1650. The van der Waals surface area contributed by atoms with Gasteiger partial charge in [-0.3, -0.25) is 14.4 Å². The van der Waals surface area contributed by atoms with E-state index in [4.69, 9.17) is 9.84 Å². The van der Waals surface area contributed by atoms with E-state index in [1.807, 2.05) is 37.3 Å². The highest BCUT2D eigenvalue weighted by Gasteiger charge is 2.28. The molecule has 3 heterocycles. The van der Waals surface area contributed by atoms with Gasteiger partial charge in [-0.05, 0) is 30.4 Å². The minimum absolute atomic E-state index is 0.148. The predicted molar refractivity (Wildman–Crippen MR) is 157 cm³/mol. The van der Waals surface area contributed by atoms with Crippen molar-refractivity contribution < 1.29 is 24.5 Å². The van der Waals surface area contributed by atoms with E-state index in [1.165, 1.54) is 12.4 Å². The van der Waals surface area contributed by atoms with Gasteiger partial charge in [-0.2, -0.15) is 0 Å². The van der Waals surface area contributed by atoms with Crippen molar-refractivity contribution in [2.45, 2.75) is 51.9 Å². The molecule has 4 aromatic rings. The molecule has 1 aliphatic carbocycles. The molecule has 5 rings (SSSR count). The summed E-state index contributed by atoms with van der Waals surface area (Å²) in [6, 6.07) is 9.41. The molecule has 1 amide bonds. The number of rotatable bonds is 10. The molecule has 11 heteroatoms. The van der Waals surface area contributed by atoms with Crippen molar-refractivity contribution >= 4 is 22.8 Å². The Kier molecular flexibility index (Phi) is 8.75. The second-order valence-corrected chi connectivity index (χ2v) is 10.4. The number of carboxylic acids is 1. The van der Waals surface area contributed by atoms with Crippen molar-refractivity contribution in [3.05, 3.63) is 64.3 Å². The van der Waals surface area contributed by atoms with E-state index in [2.05, 4.69) is 25.3 Å². The second-order valence-electron chi connectivity index (χ2n) is 10.4. The van der Waals surface area contributed by atoms with Crippen molar-refractivity contribution in [3.8, 4) is 34.1 Å². The fraction of sp³-hybridized carbons (Fsp3) is 0.355. The Labute approximate surface area is 242 Å². The van der Waals surface area contributed by atoms with Crippen molar-refractivity contribution in [1.82, 2.24) is 25.3 Å². The molecular weight excluding hydrogens is 538 g/mol. The molecule has 3 aromatic heterocycles. The van der Waals surface area contributed by atoms with Gasteiger partial charge in [-0.1, -0.05) is 62.4 Å². The Hall–Kier alpha value is -4.80. The van der Waals surface area contributed by atoms with E-state index in [-0.39, 0.29) is 47.2 Å². The first-order valence-corrected chi connectivity index (χ1v) is 14.2. The number of fused-ring (bicyclic) bond motifs is 1. The molecule has 0 bridgehead atoms. The van der Waals surface area contributed by atoms with E-state index in [9.17, 15) is 19.5 Å². The lowest BCUT2D eigenvalue weighted by Crippen LogP contribution is -2.27. The van der Waals surface area contributed by atoms with Gasteiger partial charge in [-0.15, -0.1) is 0 Å². The molecule has 0 radical (unpaired) electrons. The lowest BCUT2D eigenvalue weighted by molar-refractivity contribution is -0.136. The predicted octanol–water partition coefficient (Wildman–Crippen LogP) is 4.48. The van der Waals surface area contributed by atoms with Crippen LogP contribution in [0.4, 0.5) is 0 Å². The molecule has 0 aliphatic heterocycles. The number of aromatic amines is 1. The van der Waals surface area contributed by atoms with Crippen LogP contribution in [0, 0.1) is 5.92 Å². The molecule has 11 nitrogen and oxygen atoms in total. The molecule has 0 atom stereocenters. The van der Waals surface area contributed by atoms with Crippen LogP contribution in [0.2, 0.25) is 0 Å². The molecule has 1 fully saturated rings. The van der Waals surface area contributed by atoms with E-state index in [0.29, 0.717) is 46.6 Å². The fourth-order valence-corrected chi connectivity index (χ4v) is 5.60. The van der Waals surface area contributed by atoms with Crippen molar-refractivity contribution in [1.29, 1.82) is 0 Å². The van der Waals surface area contributed by atoms with Crippen LogP contribution in [0.3, 0.4) is 0 Å². The number of aromatic nitrogens is 4. The van der Waals surface area contributed by atoms with Crippen molar-refractivity contribution in [2.24, 2.45) is 5.92 Å². The molecule has 42 heavy (non-hydrogen) atoms. The average molecular weight is 572 g/mol. The van der Waals surface area contributed by atoms with Crippen LogP contribution in [0.15, 0.2) is 47.5 Å². The monoisotopic (exact) mass is 571 g/mol. The minimum Gasteiger partial charge on any atom is -0.505 e. The van der Waals surface area contributed by atoms with Crippen molar-refractivity contribution in [3.63, 3.8) is 0 Å². The summed E-state index contributed by atoms with van der Waals surface area (Å²) in [5.74, 6) is -1.89. The summed E-state index contributed by atoms with van der Waals surface area (Å²) in [6.45, 7) is 2.04. The summed E-state index contributed by atoms with van der Waals surface area (Å²) in [7, 11) is 0. The molecular formula is C31H33N5O6. The first kappa shape index (κ1) is 28.7. The molecule has 218 valence electrons. The number of pyridine rings is 2. The zero-order valence-electron chi connectivity index (χ0n) is 23.4. The molecule has 1 aliphatic rings. The number of nitrogens with one attached hydrogen (secondary N) is 2. The number of hydrogen-bond acceptors (Lipinski definition) is 8. The number of carboxylic acid groups (broad SMARTS) is 1. The van der Waals surface area contributed by atoms with Gasteiger partial charge in [0.25, 0.3) is 11.5 Å². The largest absolute Gasteiger partial charge is 0.505 e. The third-order valence-corrected chi connectivity index (χ3v) is 7.54. The SMILES string of the molecule is CCOc1ncc(-c2nc(C(=O)NCCC(=O)O)c(O)c3c(CC4CCCCC4)c(-c4ccccc4)c(=O)[nH]c23)cn1. The zero-order chi connectivity index (χ0) is 29.6. The zero-order valence-corrected chi connectivity index (χ0v) is 23.4. The minimum atomic E-state index is -1.07. The number of aliphatic carboxylic acids is 1. The highest BCUT2D eigenvalue weighted by atomic mass is 16.5. The Morgan fingerprint density at radius 3 is 2.45 bits per heavy atom. The van der Waals surface area contributed by atoms with E-state index < -0.39 is 11.9 Å². The Balaban J connectivity index is 1.78. The summed E-state index contributed by atoms with van der Waals surface area (Å²) in [5, 5.41) is 23.6. The van der Waals surface area contributed by atoms with Gasteiger partial charge >= 0.3 is 12.0 Å². The normalized spacial score (nSPS) is 13.6. The number of benzene rings is 1. The van der Waals surface area contributed by atoms with Gasteiger partial charge in [0.15, 0.2) is 11.4 Å². The number of H-pyrrole nitrogens is 1. The molecule has 0 unspecified atom stereocenters. The number of carbonyl (C=O) groups excluding carboxylic acids is 1. The summed E-state index contributed by atoms with van der Waals surface area (Å²) in [4.78, 5) is 54.0. The van der Waals surface area contributed by atoms with Crippen LogP contribution in [0.1, 0.15) is 61.5 Å². The van der Waals surface area contributed by atoms with E-state index in [0.717, 1.165) is 32.1 Å². The molecule has 0 saturated heterocycles. The maximum absolute atomic E-state index is 13.8. The molecule has 1 saturated carbocycles. The third-order valence-electron chi connectivity index (χ3n) is 7.54. The number of carbonyl (C=O) groups is 2. The van der Waals surface area contributed by atoms with E-state index in [1.54, 1.807) is 0 Å². The van der Waals surface area contributed by atoms with Gasteiger partial charge in [0.2, 0.25) is 0 Å². The molecule has 4 N–H and O–H groups in total. The van der Waals surface area contributed by atoms with Gasteiger partial charge < -0.3 is 25.3 Å².